The molecule has 0 radical (unpaired) electrons. The van der Waals surface area contributed by atoms with Gasteiger partial charge in [0.2, 0.25) is 0 Å². The largest absolute Gasteiger partial charge is 0.362 e. The molecular weight excluding hydrogens is 240 g/mol. The lowest BCUT2D eigenvalue weighted by molar-refractivity contribution is 0.163. The highest BCUT2D eigenvalue weighted by atomic mass is 19.3. The number of nitrogens with one attached hydrogen (secondary N) is 1. The molecule has 0 aromatic carbocycles. The number of imidazole rings is 1. The van der Waals surface area contributed by atoms with E-state index in [0.29, 0.717) is 22.8 Å². The third-order valence-electron chi connectivity index (χ3n) is 2.10. The van der Waals surface area contributed by atoms with Crippen molar-refractivity contribution in [3.8, 4) is 0 Å². The number of aryl methyl sites for hydroxylation is 2. The van der Waals surface area contributed by atoms with E-state index in [1.165, 1.54) is 0 Å². The van der Waals surface area contributed by atoms with Crippen molar-refractivity contribution in [1.82, 2.24) is 19.5 Å². The molecule has 0 spiro atoms. The summed E-state index contributed by atoms with van der Waals surface area (Å²) in [6, 6.07) is 0. The average Bonchev–Trinajstić information content (AvgIpc) is 2.71. The Bertz CT molecular complexity index is 509. The van der Waals surface area contributed by atoms with E-state index < -0.39 is 13.0 Å². The molecule has 1 N–H and O–H groups in total. The van der Waals surface area contributed by atoms with Crippen LogP contribution in [0.4, 0.5) is 14.6 Å². The fraction of sp³-hybridized carbons (Fsp3) is 0.545. The summed E-state index contributed by atoms with van der Waals surface area (Å²) in [7, 11) is 1.79. The van der Waals surface area contributed by atoms with Gasteiger partial charge in [0.25, 0.3) is 6.43 Å². The van der Waals surface area contributed by atoms with E-state index in [9.17, 15) is 8.78 Å². The first-order valence-corrected chi connectivity index (χ1v) is 5.75. The van der Waals surface area contributed by atoms with Crippen molar-refractivity contribution in [3.05, 3.63) is 12.2 Å². The Labute approximate surface area is 104 Å². The van der Waals surface area contributed by atoms with Gasteiger partial charge in [0.15, 0.2) is 11.5 Å². The fourth-order valence-corrected chi connectivity index (χ4v) is 1.41. The zero-order valence-corrected chi connectivity index (χ0v) is 10.9. The number of aromatic nitrogens is 4. The van der Waals surface area contributed by atoms with Crippen LogP contribution in [0.3, 0.4) is 0 Å². The first-order valence-electron chi connectivity index (χ1n) is 5.75. The van der Waals surface area contributed by atoms with E-state index in [2.05, 4.69) is 20.3 Å². The maximum Gasteiger partial charge on any atom is 0.255 e. The molecular formula is C11H17F2N5. The maximum absolute atomic E-state index is 12.1. The number of nitrogens with zero attached hydrogens (tertiary/aromatic N) is 4. The normalized spacial score (nSPS) is 10.4. The van der Waals surface area contributed by atoms with E-state index >= 15 is 0 Å². The van der Waals surface area contributed by atoms with Crippen molar-refractivity contribution in [2.45, 2.75) is 27.2 Å². The van der Waals surface area contributed by atoms with Gasteiger partial charge in [-0.15, -0.1) is 0 Å². The molecule has 2 aromatic heterocycles. The van der Waals surface area contributed by atoms with Crippen LogP contribution in [0.15, 0.2) is 6.33 Å². The third-order valence-corrected chi connectivity index (χ3v) is 2.10. The standard InChI is InChI=1S/C9H11F2N5.C2H6/c1-5-14-8(12-3-6(10)11)7-9(15-5)16(2)4-13-7;1-2/h4,6H,3H2,1-2H3,(H,12,14,15);1-2H3. The van der Waals surface area contributed by atoms with Crippen LogP contribution in [0.25, 0.3) is 11.2 Å². The van der Waals surface area contributed by atoms with Crippen LogP contribution in [0.5, 0.6) is 0 Å². The van der Waals surface area contributed by atoms with Crippen LogP contribution in [0.2, 0.25) is 0 Å². The van der Waals surface area contributed by atoms with Gasteiger partial charge in [0, 0.05) is 7.05 Å². The summed E-state index contributed by atoms with van der Waals surface area (Å²) in [6.45, 7) is 5.27. The van der Waals surface area contributed by atoms with Crippen LogP contribution in [0.1, 0.15) is 19.7 Å². The monoisotopic (exact) mass is 257 g/mol. The second-order valence-electron chi connectivity index (χ2n) is 3.42. The highest BCUT2D eigenvalue weighted by molar-refractivity contribution is 5.82. The van der Waals surface area contributed by atoms with E-state index in [1.54, 1.807) is 24.9 Å². The Morgan fingerprint density at radius 3 is 2.61 bits per heavy atom. The first kappa shape index (κ1) is 14.3. The molecule has 0 saturated carbocycles. The molecule has 0 amide bonds. The van der Waals surface area contributed by atoms with E-state index in [1.807, 2.05) is 13.8 Å². The second-order valence-corrected chi connectivity index (χ2v) is 3.42. The molecule has 0 unspecified atom stereocenters. The van der Waals surface area contributed by atoms with Gasteiger partial charge in [-0.3, -0.25) is 0 Å². The average molecular weight is 257 g/mol. The Morgan fingerprint density at radius 2 is 2.00 bits per heavy atom. The van der Waals surface area contributed by atoms with Crippen molar-refractivity contribution in [3.63, 3.8) is 0 Å². The zero-order chi connectivity index (χ0) is 13.7. The lowest BCUT2D eigenvalue weighted by Gasteiger charge is -2.06. The maximum atomic E-state index is 12.1. The van der Waals surface area contributed by atoms with Gasteiger partial charge in [-0.25, -0.2) is 23.7 Å². The molecule has 0 atom stereocenters. The molecule has 2 heterocycles. The van der Waals surface area contributed by atoms with Crippen LogP contribution in [0, 0.1) is 6.92 Å². The Balaban J connectivity index is 0.000000771. The molecule has 0 bridgehead atoms. The lowest BCUT2D eigenvalue weighted by atomic mass is 10.4. The van der Waals surface area contributed by atoms with Crippen LogP contribution >= 0.6 is 0 Å². The number of hydrogen-bond acceptors (Lipinski definition) is 4. The second kappa shape index (κ2) is 6.23. The molecule has 100 valence electrons. The fourth-order valence-electron chi connectivity index (χ4n) is 1.41. The van der Waals surface area contributed by atoms with E-state index in [-0.39, 0.29) is 0 Å². The van der Waals surface area contributed by atoms with E-state index in [0.717, 1.165) is 0 Å². The van der Waals surface area contributed by atoms with Crippen molar-refractivity contribution in [2.24, 2.45) is 7.05 Å². The summed E-state index contributed by atoms with van der Waals surface area (Å²) in [6.07, 6.45) is -0.846. The molecule has 2 aromatic rings. The summed E-state index contributed by atoms with van der Waals surface area (Å²) in [4.78, 5) is 12.3. The number of rotatable bonds is 3. The van der Waals surface area contributed by atoms with Crippen molar-refractivity contribution >= 4 is 17.0 Å². The number of alkyl halides is 2. The molecule has 0 saturated heterocycles. The summed E-state index contributed by atoms with van der Waals surface area (Å²) < 4.78 is 25.9. The van der Waals surface area contributed by atoms with Gasteiger partial charge >= 0.3 is 0 Å². The van der Waals surface area contributed by atoms with Crippen LogP contribution < -0.4 is 5.32 Å². The summed E-state index contributed by atoms with van der Waals surface area (Å²) in [5.41, 5.74) is 1.14. The van der Waals surface area contributed by atoms with E-state index in [4.69, 9.17) is 0 Å². The minimum Gasteiger partial charge on any atom is -0.362 e. The quantitative estimate of drug-likeness (QED) is 0.917. The minimum atomic E-state index is -2.42. The van der Waals surface area contributed by atoms with Gasteiger partial charge < -0.3 is 9.88 Å². The van der Waals surface area contributed by atoms with Crippen molar-refractivity contribution in [2.75, 3.05) is 11.9 Å². The predicted molar refractivity (Wildman–Crippen MR) is 66.9 cm³/mol. The molecule has 0 aliphatic heterocycles. The van der Waals surface area contributed by atoms with Gasteiger partial charge in [-0.05, 0) is 6.92 Å². The molecule has 18 heavy (non-hydrogen) atoms. The molecule has 2 rings (SSSR count). The predicted octanol–water partition coefficient (Wildman–Crippen LogP) is 2.37. The summed E-state index contributed by atoms with van der Waals surface area (Å²) >= 11 is 0. The highest BCUT2D eigenvalue weighted by Crippen LogP contribution is 2.17. The molecule has 7 heteroatoms. The minimum absolute atomic E-state index is 0.350. The van der Waals surface area contributed by atoms with Crippen LogP contribution in [-0.4, -0.2) is 32.5 Å². The molecule has 0 fully saturated rings. The summed E-state index contributed by atoms with van der Waals surface area (Å²) in [5, 5.41) is 2.56. The first-order chi connectivity index (χ1) is 8.58. The number of halogens is 2. The molecule has 5 nitrogen and oxygen atoms in total. The van der Waals surface area contributed by atoms with Gasteiger partial charge in [-0.2, -0.15) is 0 Å². The third kappa shape index (κ3) is 3.12. The molecule has 0 aliphatic carbocycles. The molecule has 0 aliphatic rings. The smallest absolute Gasteiger partial charge is 0.255 e. The Morgan fingerprint density at radius 1 is 1.33 bits per heavy atom. The van der Waals surface area contributed by atoms with Crippen molar-refractivity contribution in [1.29, 1.82) is 0 Å². The van der Waals surface area contributed by atoms with Gasteiger partial charge in [0.05, 0.1) is 12.9 Å². The zero-order valence-electron chi connectivity index (χ0n) is 10.9. The Hall–Kier alpha value is -1.79. The SMILES string of the molecule is CC.Cc1nc(NCC(F)F)c2ncn(C)c2n1. The van der Waals surface area contributed by atoms with Gasteiger partial charge in [-0.1, -0.05) is 13.8 Å². The van der Waals surface area contributed by atoms with Crippen LogP contribution in [-0.2, 0) is 7.05 Å². The number of fused-ring (bicyclic) bond motifs is 1. The lowest BCUT2D eigenvalue weighted by Crippen LogP contribution is -2.12. The van der Waals surface area contributed by atoms with Gasteiger partial charge in [0.1, 0.15) is 11.3 Å². The Kier molecular flexibility index (Phi) is 4.94. The highest BCUT2D eigenvalue weighted by Gasteiger charge is 2.11. The topological polar surface area (TPSA) is 55.6 Å². The number of anilines is 1. The summed E-state index contributed by atoms with van der Waals surface area (Å²) in [5.74, 6) is 0.872. The number of hydrogen-bond donors (Lipinski definition) is 1. The van der Waals surface area contributed by atoms with Crippen molar-refractivity contribution < 1.29 is 8.78 Å².